The van der Waals surface area contributed by atoms with Gasteiger partial charge in [0.15, 0.2) is 5.82 Å². The van der Waals surface area contributed by atoms with Crippen molar-refractivity contribution >= 4 is 0 Å². The second-order valence-corrected chi connectivity index (χ2v) is 2.36. The summed E-state index contributed by atoms with van der Waals surface area (Å²) in [6.45, 7) is 4.81. The predicted molar refractivity (Wildman–Crippen MR) is 36.2 cm³/mol. The Kier molecular flexibility index (Phi) is 2.33. The van der Waals surface area contributed by atoms with Crippen LogP contribution in [-0.2, 0) is 6.54 Å². The predicted octanol–water partition coefficient (Wildman–Crippen LogP) is -0.302. The standard InChI is InChI=1S/C5H11N5/c1-4(2)6-3-5-7-9-10-8-5/h4,6H,3H2,1-2H3,(H,7,8,9,10). The quantitative estimate of drug-likeness (QED) is 0.606. The maximum atomic E-state index is 3.78. The largest absolute Gasteiger partial charge is 0.307 e. The highest BCUT2D eigenvalue weighted by Gasteiger charge is 1.97. The van der Waals surface area contributed by atoms with Gasteiger partial charge in [-0.05, 0) is 0 Å². The first-order valence-electron chi connectivity index (χ1n) is 3.24. The van der Waals surface area contributed by atoms with Crippen LogP contribution < -0.4 is 5.32 Å². The van der Waals surface area contributed by atoms with Crippen LogP contribution in [0.3, 0.4) is 0 Å². The number of H-pyrrole nitrogens is 1. The van der Waals surface area contributed by atoms with Crippen molar-refractivity contribution in [3.8, 4) is 0 Å². The lowest BCUT2D eigenvalue weighted by Gasteiger charge is -2.02. The molecule has 5 nitrogen and oxygen atoms in total. The molecular formula is C5H11N5. The molecule has 0 bridgehead atoms. The summed E-state index contributed by atoms with van der Waals surface area (Å²) in [5.74, 6) is 0.703. The molecule has 0 radical (unpaired) electrons. The van der Waals surface area contributed by atoms with Crippen molar-refractivity contribution in [3.63, 3.8) is 0 Å². The number of rotatable bonds is 3. The van der Waals surface area contributed by atoms with Gasteiger partial charge in [0.2, 0.25) is 0 Å². The monoisotopic (exact) mass is 141 g/mol. The van der Waals surface area contributed by atoms with Crippen molar-refractivity contribution in [3.05, 3.63) is 5.82 Å². The highest BCUT2D eigenvalue weighted by atomic mass is 15.5. The van der Waals surface area contributed by atoms with Crippen molar-refractivity contribution in [1.82, 2.24) is 25.9 Å². The summed E-state index contributed by atoms with van der Waals surface area (Å²) in [5, 5.41) is 16.5. The Morgan fingerprint density at radius 3 is 2.90 bits per heavy atom. The molecule has 0 aliphatic heterocycles. The third-order valence-corrected chi connectivity index (χ3v) is 1.06. The van der Waals surface area contributed by atoms with Crippen LogP contribution >= 0.6 is 0 Å². The molecule has 56 valence electrons. The zero-order valence-corrected chi connectivity index (χ0v) is 6.13. The number of aromatic amines is 1. The molecule has 0 aromatic carbocycles. The van der Waals surface area contributed by atoms with Crippen LogP contribution in [0.2, 0.25) is 0 Å². The van der Waals surface area contributed by atoms with Crippen LogP contribution in [-0.4, -0.2) is 26.7 Å². The topological polar surface area (TPSA) is 66.5 Å². The molecule has 0 aliphatic rings. The number of nitrogens with zero attached hydrogens (tertiary/aromatic N) is 3. The van der Waals surface area contributed by atoms with Crippen molar-refractivity contribution in [2.45, 2.75) is 26.4 Å². The highest BCUT2D eigenvalue weighted by molar-refractivity contribution is 4.74. The molecule has 2 N–H and O–H groups in total. The minimum Gasteiger partial charge on any atom is -0.307 e. The maximum Gasteiger partial charge on any atom is 0.188 e. The molecule has 0 aliphatic carbocycles. The fraction of sp³-hybridized carbons (Fsp3) is 0.800. The van der Waals surface area contributed by atoms with E-state index in [0.29, 0.717) is 18.4 Å². The third kappa shape index (κ3) is 2.10. The highest BCUT2D eigenvalue weighted by Crippen LogP contribution is 1.83. The number of hydrogen-bond donors (Lipinski definition) is 2. The number of hydrogen-bond acceptors (Lipinski definition) is 4. The first-order chi connectivity index (χ1) is 4.79. The van der Waals surface area contributed by atoms with Crippen LogP contribution in [0.5, 0.6) is 0 Å². The van der Waals surface area contributed by atoms with E-state index in [1.807, 2.05) is 0 Å². The Morgan fingerprint density at radius 2 is 2.40 bits per heavy atom. The van der Waals surface area contributed by atoms with E-state index in [-0.39, 0.29) is 0 Å². The van der Waals surface area contributed by atoms with Gasteiger partial charge in [0.1, 0.15) is 0 Å². The van der Waals surface area contributed by atoms with Crippen molar-refractivity contribution in [2.75, 3.05) is 0 Å². The Balaban J connectivity index is 2.28. The fourth-order valence-electron chi connectivity index (χ4n) is 0.553. The second kappa shape index (κ2) is 3.26. The fourth-order valence-corrected chi connectivity index (χ4v) is 0.553. The first-order valence-corrected chi connectivity index (χ1v) is 3.24. The Hall–Kier alpha value is -0.970. The van der Waals surface area contributed by atoms with E-state index in [1.165, 1.54) is 0 Å². The van der Waals surface area contributed by atoms with E-state index in [9.17, 15) is 0 Å². The summed E-state index contributed by atoms with van der Waals surface area (Å²) in [4.78, 5) is 0. The lowest BCUT2D eigenvalue weighted by molar-refractivity contribution is 0.573. The van der Waals surface area contributed by atoms with E-state index in [0.717, 1.165) is 0 Å². The second-order valence-electron chi connectivity index (χ2n) is 2.36. The van der Waals surface area contributed by atoms with E-state index in [2.05, 4.69) is 39.8 Å². The molecule has 5 heteroatoms. The molecule has 0 spiro atoms. The van der Waals surface area contributed by atoms with E-state index in [1.54, 1.807) is 0 Å². The Bertz CT molecular complexity index is 168. The SMILES string of the molecule is CC(C)NCc1nn[nH]n1. The molecule has 0 saturated carbocycles. The van der Waals surface area contributed by atoms with Crippen LogP contribution in [0.25, 0.3) is 0 Å². The van der Waals surface area contributed by atoms with Gasteiger partial charge in [0.25, 0.3) is 0 Å². The van der Waals surface area contributed by atoms with Gasteiger partial charge in [-0.15, -0.1) is 10.2 Å². The van der Waals surface area contributed by atoms with Gasteiger partial charge in [-0.3, -0.25) is 0 Å². The van der Waals surface area contributed by atoms with Gasteiger partial charge >= 0.3 is 0 Å². The minimum atomic E-state index is 0.457. The lowest BCUT2D eigenvalue weighted by Crippen LogP contribution is -2.22. The smallest absolute Gasteiger partial charge is 0.188 e. The molecule has 1 rings (SSSR count). The Morgan fingerprint density at radius 1 is 1.60 bits per heavy atom. The minimum absolute atomic E-state index is 0.457. The maximum absolute atomic E-state index is 3.78. The number of tetrazole rings is 1. The van der Waals surface area contributed by atoms with Gasteiger partial charge in [0, 0.05) is 6.04 Å². The van der Waals surface area contributed by atoms with Crippen molar-refractivity contribution < 1.29 is 0 Å². The molecule has 0 saturated heterocycles. The molecule has 10 heavy (non-hydrogen) atoms. The number of aromatic nitrogens is 4. The van der Waals surface area contributed by atoms with Gasteiger partial charge in [0.05, 0.1) is 6.54 Å². The number of nitrogens with one attached hydrogen (secondary N) is 2. The van der Waals surface area contributed by atoms with E-state index < -0.39 is 0 Å². The average molecular weight is 141 g/mol. The Labute approximate surface area is 59.2 Å². The molecule has 1 aromatic rings. The summed E-state index contributed by atoms with van der Waals surface area (Å²) < 4.78 is 0. The lowest BCUT2D eigenvalue weighted by atomic mass is 10.4. The third-order valence-electron chi connectivity index (χ3n) is 1.06. The zero-order chi connectivity index (χ0) is 7.40. The van der Waals surface area contributed by atoms with Crippen LogP contribution in [0.15, 0.2) is 0 Å². The van der Waals surface area contributed by atoms with Crippen LogP contribution in [0.1, 0.15) is 19.7 Å². The summed E-state index contributed by atoms with van der Waals surface area (Å²) in [6.07, 6.45) is 0. The first kappa shape index (κ1) is 7.14. The van der Waals surface area contributed by atoms with Crippen LogP contribution in [0, 0.1) is 0 Å². The van der Waals surface area contributed by atoms with Crippen LogP contribution in [0.4, 0.5) is 0 Å². The van der Waals surface area contributed by atoms with E-state index in [4.69, 9.17) is 0 Å². The molecule has 0 atom stereocenters. The van der Waals surface area contributed by atoms with Gasteiger partial charge in [-0.2, -0.15) is 5.21 Å². The van der Waals surface area contributed by atoms with Crippen molar-refractivity contribution in [2.24, 2.45) is 0 Å². The van der Waals surface area contributed by atoms with Gasteiger partial charge < -0.3 is 5.32 Å². The van der Waals surface area contributed by atoms with E-state index >= 15 is 0 Å². The van der Waals surface area contributed by atoms with Crippen molar-refractivity contribution in [1.29, 1.82) is 0 Å². The molecule has 0 unspecified atom stereocenters. The molecule has 1 aromatic heterocycles. The summed E-state index contributed by atoms with van der Waals surface area (Å²) in [6, 6.07) is 0.457. The van der Waals surface area contributed by atoms with Gasteiger partial charge in [-0.25, -0.2) is 0 Å². The normalized spacial score (nSPS) is 10.7. The molecule has 0 fully saturated rings. The zero-order valence-electron chi connectivity index (χ0n) is 6.13. The molecule has 1 heterocycles. The summed E-state index contributed by atoms with van der Waals surface area (Å²) in [5.41, 5.74) is 0. The molecule has 0 amide bonds. The average Bonchev–Trinajstić information content (AvgIpc) is 2.34. The summed E-state index contributed by atoms with van der Waals surface area (Å²) >= 11 is 0. The van der Waals surface area contributed by atoms with Gasteiger partial charge in [-0.1, -0.05) is 19.1 Å². The molecular weight excluding hydrogens is 130 g/mol. The summed E-state index contributed by atoms with van der Waals surface area (Å²) in [7, 11) is 0.